The maximum absolute atomic E-state index is 13.1. The molecule has 1 fully saturated rings. The van der Waals surface area contributed by atoms with E-state index in [1.54, 1.807) is 34.4 Å². The first-order chi connectivity index (χ1) is 16.0. The zero-order valence-electron chi connectivity index (χ0n) is 18.1. The smallest absolute Gasteiger partial charge is 0.350 e. The van der Waals surface area contributed by atoms with Crippen molar-refractivity contribution in [2.24, 2.45) is 0 Å². The van der Waals surface area contributed by atoms with Crippen molar-refractivity contribution in [2.75, 3.05) is 30.4 Å². The molecule has 4 rings (SSSR count). The van der Waals surface area contributed by atoms with E-state index in [1.807, 2.05) is 11.0 Å². The highest BCUT2D eigenvalue weighted by atomic mass is 32.1. The first-order valence-electron chi connectivity index (χ1n) is 10.5. The van der Waals surface area contributed by atoms with Gasteiger partial charge in [-0.2, -0.15) is 0 Å². The number of ether oxygens (including phenoxy) is 1. The van der Waals surface area contributed by atoms with Gasteiger partial charge >= 0.3 is 12.0 Å². The molecule has 11 heteroatoms. The number of amides is 2. The molecule has 0 aromatic carbocycles. The van der Waals surface area contributed by atoms with Crippen LogP contribution in [-0.2, 0) is 11.3 Å². The predicted octanol–water partition coefficient (Wildman–Crippen LogP) is 2.62. The number of nitrogens with zero attached hydrogens (tertiary/aromatic N) is 4. The van der Waals surface area contributed by atoms with E-state index in [1.165, 1.54) is 18.4 Å². The number of nitrogens with one attached hydrogen (secondary N) is 2. The molecule has 1 aliphatic rings. The van der Waals surface area contributed by atoms with Crippen LogP contribution in [-0.4, -0.2) is 52.8 Å². The molecule has 0 bridgehead atoms. The van der Waals surface area contributed by atoms with E-state index in [4.69, 9.17) is 4.74 Å². The Morgan fingerprint density at radius 2 is 2.12 bits per heavy atom. The summed E-state index contributed by atoms with van der Waals surface area (Å²) in [4.78, 5) is 48.4. The Hall–Kier alpha value is -3.73. The number of esters is 1. The van der Waals surface area contributed by atoms with Crippen molar-refractivity contribution in [1.82, 2.24) is 19.9 Å². The number of allylic oxidation sites excluding steroid dienone is 1. The van der Waals surface area contributed by atoms with Crippen molar-refractivity contribution in [3.8, 4) is 0 Å². The highest BCUT2D eigenvalue weighted by Crippen LogP contribution is 2.23. The molecule has 4 heterocycles. The second-order valence-electron chi connectivity index (χ2n) is 7.50. The van der Waals surface area contributed by atoms with Crippen LogP contribution in [0.5, 0.6) is 0 Å². The van der Waals surface area contributed by atoms with Crippen LogP contribution >= 0.6 is 11.3 Å². The first-order valence-corrected chi connectivity index (χ1v) is 11.3. The summed E-state index contributed by atoms with van der Waals surface area (Å²) < 4.78 is 6.30. The maximum Gasteiger partial charge on any atom is 0.350 e. The first kappa shape index (κ1) is 22.5. The van der Waals surface area contributed by atoms with Crippen LogP contribution in [0.1, 0.15) is 22.5 Å². The maximum atomic E-state index is 13.1. The van der Waals surface area contributed by atoms with Crippen LogP contribution in [0.25, 0.3) is 11.2 Å². The van der Waals surface area contributed by atoms with Crippen molar-refractivity contribution in [1.29, 1.82) is 0 Å². The Labute approximate surface area is 193 Å². The van der Waals surface area contributed by atoms with E-state index in [-0.39, 0.29) is 17.6 Å². The summed E-state index contributed by atoms with van der Waals surface area (Å²) >= 11 is 1.20. The van der Waals surface area contributed by atoms with Crippen LogP contribution < -0.4 is 21.1 Å². The molecule has 0 atom stereocenters. The molecule has 0 unspecified atom stereocenters. The van der Waals surface area contributed by atoms with Gasteiger partial charge in [0.1, 0.15) is 10.4 Å². The third kappa shape index (κ3) is 4.72. The average Bonchev–Trinajstić information content (AvgIpc) is 3.28. The molecule has 2 amide bonds. The molecule has 0 spiro atoms. The molecule has 1 saturated heterocycles. The number of hydrogen-bond donors (Lipinski definition) is 2. The Morgan fingerprint density at radius 1 is 1.33 bits per heavy atom. The lowest BCUT2D eigenvalue weighted by Gasteiger charge is -2.33. The van der Waals surface area contributed by atoms with Gasteiger partial charge in [-0.05, 0) is 36.4 Å². The number of thiophene rings is 1. The highest BCUT2D eigenvalue weighted by molar-refractivity contribution is 7.12. The van der Waals surface area contributed by atoms with E-state index < -0.39 is 5.97 Å². The summed E-state index contributed by atoms with van der Waals surface area (Å²) in [6.07, 6.45) is 4.59. The summed E-state index contributed by atoms with van der Waals surface area (Å²) in [5.41, 5.74) is 1.38. The van der Waals surface area contributed by atoms with Crippen molar-refractivity contribution < 1.29 is 14.3 Å². The number of hydrogen-bond acceptors (Lipinski definition) is 8. The molecule has 0 radical (unpaired) electrons. The fourth-order valence-corrected chi connectivity index (χ4v) is 4.57. The van der Waals surface area contributed by atoms with E-state index in [2.05, 4.69) is 27.2 Å². The van der Waals surface area contributed by atoms with Gasteiger partial charge in [-0.3, -0.25) is 9.36 Å². The lowest BCUT2D eigenvalue weighted by atomic mass is 10.1. The molecular weight excluding hydrogens is 444 g/mol. The fraction of sp³-hybridized carbons (Fsp3) is 0.318. The number of piperidine rings is 1. The highest BCUT2D eigenvalue weighted by Gasteiger charge is 2.25. The minimum absolute atomic E-state index is 0.0704. The van der Waals surface area contributed by atoms with Crippen molar-refractivity contribution >= 4 is 46.0 Å². The lowest BCUT2D eigenvalue weighted by Crippen LogP contribution is -2.47. The second kappa shape index (κ2) is 9.82. The van der Waals surface area contributed by atoms with Crippen LogP contribution in [0.4, 0.5) is 16.3 Å². The summed E-state index contributed by atoms with van der Waals surface area (Å²) in [5.74, 6) is -0.116. The van der Waals surface area contributed by atoms with E-state index in [0.29, 0.717) is 60.0 Å². The molecular formula is C22H24N6O4S. The fourth-order valence-electron chi connectivity index (χ4n) is 3.80. The zero-order chi connectivity index (χ0) is 23.4. The van der Waals surface area contributed by atoms with Gasteiger partial charge in [0.2, 0.25) is 0 Å². The normalized spacial score (nSPS) is 14.2. The van der Waals surface area contributed by atoms with Gasteiger partial charge in [-0.15, -0.1) is 17.9 Å². The van der Waals surface area contributed by atoms with Gasteiger partial charge in [-0.25, -0.2) is 19.6 Å². The van der Waals surface area contributed by atoms with E-state index >= 15 is 0 Å². The number of carbonyl (C=O) groups is 2. The summed E-state index contributed by atoms with van der Waals surface area (Å²) in [6.45, 7) is 5.22. The van der Waals surface area contributed by atoms with Gasteiger partial charge in [0, 0.05) is 31.9 Å². The standard InChI is InChI=1S/C22H24N6O4S/c1-3-10-28-18-16(5-4-9-23-18)25-19(20(28)29)27-11-6-14(7-12-27)24-22(31)26-15-8-13-33-17(15)21(30)32-2/h3-5,8-9,13-14H,1,6-7,10-12H2,2H3,(H2,24,26,31). The molecule has 1 aliphatic heterocycles. The van der Waals surface area contributed by atoms with Gasteiger partial charge in [-0.1, -0.05) is 6.08 Å². The van der Waals surface area contributed by atoms with Crippen LogP contribution in [0.15, 0.2) is 47.2 Å². The number of methoxy groups -OCH3 is 1. The minimum atomic E-state index is -0.492. The monoisotopic (exact) mass is 468 g/mol. The Balaban J connectivity index is 1.42. The van der Waals surface area contributed by atoms with E-state index in [9.17, 15) is 14.4 Å². The van der Waals surface area contributed by atoms with Gasteiger partial charge in [0.05, 0.1) is 12.8 Å². The van der Waals surface area contributed by atoms with Crippen molar-refractivity contribution in [3.63, 3.8) is 0 Å². The molecule has 2 N–H and O–H groups in total. The molecule has 3 aromatic heterocycles. The summed E-state index contributed by atoms with van der Waals surface area (Å²) in [5, 5.41) is 7.36. The van der Waals surface area contributed by atoms with E-state index in [0.717, 1.165) is 0 Å². The number of urea groups is 1. The Kier molecular flexibility index (Phi) is 6.68. The lowest BCUT2D eigenvalue weighted by molar-refractivity contribution is 0.0607. The summed E-state index contributed by atoms with van der Waals surface area (Å²) in [6, 6.07) is 4.82. The number of anilines is 2. The number of fused-ring (bicyclic) bond motifs is 1. The van der Waals surface area contributed by atoms with Gasteiger partial charge in [0.25, 0.3) is 5.56 Å². The molecule has 172 valence electrons. The van der Waals surface area contributed by atoms with Gasteiger partial charge < -0.3 is 20.3 Å². The topological polar surface area (TPSA) is 118 Å². The average molecular weight is 469 g/mol. The number of rotatable bonds is 6. The molecule has 0 saturated carbocycles. The quantitative estimate of drug-likeness (QED) is 0.422. The van der Waals surface area contributed by atoms with Crippen LogP contribution in [0.2, 0.25) is 0 Å². The minimum Gasteiger partial charge on any atom is -0.465 e. The third-order valence-electron chi connectivity index (χ3n) is 5.41. The Bertz CT molecular complexity index is 1250. The largest absolute Gasteiger partial charge is 0.465 e. The van der Waals surface area contributed by atoms with Crippen molar-refractivity contribution in [3.05, 3.63) is 57.7 Å². The SMILES string of the molecule is C=CCn1c(=O)c(N2CCC(NC(=O)Nc3ccsc3C(=O)OC)CC2)nc2cccnc21. The Morgan fingerprint density at radius 3 is 2.85 bits per heavy atom. The van der Waals surface area contributed by atoms with Gasteiger partial charge in [0.15, 0.2) is 11.5 Å². The second-order valence-corrected chi connectivity index (χ2v) is 8.42. The number of carbonyl (C=O) groups excluding carboxylic acids is 2. The molecule has 33 heavy (non-hydrogen) atoms. The summed E-state index contributed by atoms with van der Waals surface area (Å²) in [7, 11) is 1.30. The zero-order valence-corrected chi connectivity index (χ0v) is 18.9. The van der Waals surface area contributed by atoms with Crippen LogP contribution in [0.3, 0.4) is 0 Å². The molecule has 3 aromatic rings. The third-order valence-corrected chi connectivity index (χ3v) is 6.30. The van der Waals surface area contributed by atoms with Crippen LogP contribution in [0, 0.1) is 0 Å². The van der Waals surface area contributed by atoms with Crippen molar-refractivity contribution in [2.45, 2.75) is 25.4 Å². The predicted molar refractivity (Wildman–Crippen MR) is 127 cm³/mol. The number of aromatic nitrogens is 3. The number of pyridine rings is 1. The molecule has 0 aliphatic carbocycles. The molecule has 10 nitrogen and oxygen atoms in total.